The summed E-state index contributed by atoms with van der Waals surface area (Å²) in [4.78, 5) is 14.8. The van der Waals surface area contributed by atoms with Gasteiger partial charge in [-0.2, -0.15) is 0 Å². The fourth-order valence-electron chi connectivity index (χ4n) is 3.23. The molecule has 0 aliphatic carbocycles. The van der Waals surface area contributed by atoms with E-state index >= 15 is 0 Å². The molecule has 1 heterocycles. The second kappa shape index (κ2) is 8.84. The van der Waals surface area contributed by atoms with Gasteiger partial charge < -0.3 is 15.0 Å². The topological polar surface area (TPSA) is 87.7 Å². The first kappa shape index (κ1) is 21.1. The molecule has 2 N–H and O–H groups in total. The van der Waals surface area contributed by atoms with E-state index < -0.39 is 10.0 Å². The summed E-state index contributed by atoms with van der Waals surface area (Å²) in [6.07, 6.45) is 3.35. The van der Waals surface area contributed by atoms with Gasteiger partial charge in [0.05, 0.1) is 11.9 Å². The van der Waals surface area contributed by atoms with Crippen molar-refractivity contribution >= 4 is 27.3 Å². The number of likely N-dealkylation sites (tertiary alicyclic amines) is 1. The van der Waals surface area contributed by atoms with Gasteiger partial charge in [-0.1, -0.05) is 0 Å². The van der Waals surface area contributed by atoms with Gasteiger partial charge in [-0.25, -0.2) is 8.42 Å². The van der Waals surface area contributed by atoms with Crippen LogP contribution < -0.4 is 14.8 Å². The van der Waals surface area contributed by atoms with E-state index in [0.717, 1.165) is 37.9 Å². The molecule has 2 aromatic rings. The van der Waals surface area contributed by atoms with E-state index in [2.05, 4.69) is 22.0 Å². The van der Waals surface area contributed by atoms with Crippen molar-refractivity contribution in [1.82, 2.24) is 4.90 Å². The van der Waals surface area contributed by atoms with Crippen LogP contribution in [-0.4, -0.2) is 51.7 Å². The minimum absolute atomic E-state index is 0.230. The molecule has 0 spiro atoms. The Labute approximate surface area is 172 Å². The number of hydrogen-bond donors (Lipinski definition) is 2. The zero-order valence-electron chi connectivity index (χ0n) is 16.9. The lowest BCUT2D eigenvalue weighted by Crippen LogP contribution is -2.35. The molecule has 0 saturated carbocycles. The van der Waals surface area contributed by atoms with E-state index in [1.165, 1.54) is 0 Å². The van der Waals surface area contributed by atoms with Crippen LogP contribution in [-0.2, 0) is 10.0 Å². The van der Waals surface area contributed by atoms with Crippen LogP contribution in [0.15, 0.2) is 42.5 Å². The number of anilines is 2. The first-order chi connectivity index (χ1) is 13.7. The Morgan fingerprint density at radius 1 is 1.10 bits per heavy atom. The fourth-order valence-corrected chi connectivity index (χ4v) is 3.86. The molecular weight excluding hydrogens is 390 g/mol. The van der Waals surface area contributed by atoms with E-state index in [1.807, 2.05) is 24.3 Å². The molecule has 0 unspecified atom stereocenters. The number of nitrogens with zero attached hydrogens (tertiary/aromatic N) is 1. The quantitative estimate of drug-likeness (QED) is 0.754. The molecule has 0 atom stereocenters. The minimum atomic E-state index is -3.36. The molecule has 1 amide bonds. The van der Waals surface area contributed by atoms with E-state index in [0.29, 0.717) is 22.5 Å². The Morgan fingerprint density at radius 2 is 1.76 bits per heavy atom. The summed E-state index contributed by atoms with van der Waals surface area (Å²) >= 11 is 0. The molecule has 1 aliphatic rings. The summed E-state index contributed by atoms with van der Waals surface area (Å²) in [6, 6.07) is 12.2. The molecule has 3 rings (SSSR count). The molecule has 0 radical (unpaired) electrons. The highest BCUT2D eigenvalue weighted by atomic mass is 32.2. The Morgan fingerprint density at radius 3 is 2.34 bits per heavy atom. The molecular formula is C21H27N3O4S. The number of rotatable bonds is 6. The van der Waals surface area contributed by atoms with Gasteiger partial charge in [0.1, 0.15) is 11.9 Å². The molecule has 0 aromatic heterocycles. The summed E-state index contributed by atoms with van der Waals surface area (Å²) in [5, 5.41) is 2.85. The second-order valence-corrected chi connectivity index (χ2v) is 9.25. The zero-order chi connectivity index (χ0) is 21.0. The van der Waals surface area contributed by atoms with Crippen LogP contribution in [0.5, 0.6) is 5.75 Å². The number of nitrogens with one attached hydrogen (secondary N) is 2. The maximum Gasteiger partial charge on any atom is 0.255 e. The summed E-state index contributed by atoms with van der Waals surface area (Å²) in [5.74, 6) is 0.535. The van der Waals surface area contributed by atoms with Crippen LogP contribution in [0.3, 0.4) is 0 Å². The highest BCUT2D eigenvalue weighted by Crippen LogP contribution is 2.22. The lowest BCUT2D eigenvalue weighted by Gasteiger charge is -2.29. The molecule has 0 bridgehead atoms. The normalized spacial score (nSPS) is 15.7. The first-order valence-corrected chi connectivity index (χ1v) is 11.4. The maximum atomic E-state index is 12.5. The van der Waals surface area contributed by atoms with E-state index in [9.17, 15) is 13.2 Å². The van der Waals surface area contributed by atoms with Gasteiger partial charge in [0.2, 0.25) is 10.0 Å². The third-order valence-electron chi connectivity index (χ3n) is 4.86. The SMILES string of the molecule is Cc1cc(C(=O)Nc2ccc(OC3CCN(C)CC3)cc2)ccc1NS(C)(=O)=O. The summed E-state index contributed by atoms with van der Waals surface area (Å²) in [5.41, 5.74) is 2.25. The molecule has 7 nitrogen and oxygen atoms in total. The molecule has 2 aromatic carbocycles. The van der Waals surface area contributed by atoms with Crippen molar-refractivity contribution in [2.75, 3.05) is 36.4 Å². The molecule has 1 fully saturated rings. The monoisotopic (exact) mass is 417 g/mol. The van der Waals surface area contributed by atoms with Crippen molar-refractivity contribution in [3.05, 3.63) is 53.6 Å². The third-order valence-corrected chi connectivity index (χ3v) is 5.46. The summed E-state index contributed by atoms with van der Waals surface area (Å²) in [6.45, 7) is 3.83. The van der Waals surface area contributed by atoms with Gasteiger partial charge in [0, 0.05) is 24.3 Å². The number of carbonyl (C=O) groups is 1. The number of carbonyl (C=O) groups excluding carboxylic acids is 1. The lowest BCUT2D eigenvalue weighted by molar-refractivity contribution is 0.102. The van der Waals surface area contributed by atoms with E-state index in [1.54, 1.807) is 25.1 Å². The molecule has 8 heteroatoms. The van der Waals surface area contributed by atoms with Crippen molar-refractivity contribution in [1.29, 1.82) is 0 Å². The van der Waals surface area contributed by atoms with Crippen molar-refractivity contribution in [3.63, 3.8) is 0 Å². The molecule has 156 valence electrons. The first-order valence-electron chi connectivity index (χ1n) is 9.55. The number of hydrogen-bond acceptors (Lipinski definition) is 5. The van der Waals surface area contributed by atoms with Crippen molar-refractivity contribution in [3.8, 4) is 5.75 Å². The van der Waals surface area contributed by atoms with E-state index in [-0.39, 0.29) is 12.0 Å². The van der Waals surface area contributed by atoms with Crippen LogP contribution >= 0.6 is 0 Å². The highest BCUT2D eigenvalue weighted by molar-refractivity contribution is 7.92. The average Bonchev–Trinajstić information content (AvgIpc) is 2.66. The Balaban J connectivity index is 1.59. The summed E-state index contributed by atoms with van der Waals surface area (Å²) < 4.78 is 31.2. The van der Waals surface area contributed by atoms with Crippen LogP contribution in [0.25, 0.3) is 0 Å². The van der Waals surface area contributed by atoms with Gasteiger partial charge >= 0.3 is 0 Å². The predicted octanol–water partition coefficient (Wildman–Crippen LogP) is 3.09. The van der Waals surface area contributed by atoms with Crippen molar-refractivity contribution in [2.24, 2.45) is 0 Å². The third kappa shape index (κ3) is 6.20. The Hall–Kier alpha value is -2.58. The van der Waals surface area contributed by atoms with Gasteiger partial charge in [-0.15, -0.1) is 0 Å². The number of piperidine rings is 1. The van der Waals surface area contributed by atoms with E-state index in [4.69, 9.17) is 4.74 Å². The Kier molecular flexibility index (Phi) is 6.44. The van der Waals surface area contributed by atoms with Gasteiger partial charge in [0.15, 0.2) is 0 Å². The fraction of sp³-hybridized carbons (Fsp3) is 0.381. The number of sulfonamides is 1. The number of amides is 1. The lowest BCUT2D eigenvalue weighted by atomic mass is 10.1. The molecule has 1 saturated heterocycles. The number of benzene rings is 2. The van der Waals surface area contributed by atoms with Crippen molar-refractivity contribution < 1.29 is 17.9 Å². The number of ether oxygens (including phenoxy) is 1. The molecule has 29 heavy (non-hydrogen) atoms. The largest absolute Gasteiger partial charge is 0.490 e. The predicted molar refractivity (Wildman–Crippen MR) is 115 cm³/mol. The van der Waals surface area contributed by atoms with Crippen LogP contribution in [0.2, 0.25) is 0 Å². The maximum absolute atomic E-state index is 12.5. The van der Waals surface area contributed by atoms with Crippen LogP contribution in [0, 0.1) is 6.92 Å². The highest BCUT2D eigenvalue weighted by Gasteiger charge is 2.18. The Bertz CT molecular complexity index is 966. The molecule has 1 aliphatic heterocycles. The van der Waals surface area contributed by atoms with Crippen LogP contribution in [0.4, 0.5) is 11.4 Å². The van der Waals surface area contributed by atoms with Crippen molar-refractivity contribution in [2.45, 2.75) is 25.9 Å². The van der Waals surface area contributed by atoms with Gasteiger partial charge in [-0.3, -0.25) is 9.52 Å². The summed E-state index contributed by atoms with van der Waals surface area (Å²) in [7, 11) is -1.25. The van der Waals surface area contributed by atoms with Crippen LogP contribution in [0.1, 0.15) is 28.8 Å². The zero-order valence-corrected chi connectivity index (χ0v) is 17.8. The number of aryl methyl sites for hydroxylation is 1. The average molecular weight is 418 g/mol. The second-order valence-electron chi connectivity index (χ2n) is 7.50. The van der Waals surface area contributed by atoms with Gasteiger partial charge in [0.25, 0.3) is 5.91 Å². The standard InChI is InChI=1S/C21H27N3O4S/c1-15-14-16(4-9-20(15)23-29(3,26)27)21(25)22-17-5-7-18(8-6-17)28-19-10-12-24(2)13-11-19/h4-9,14,19,23H,10-13H2,1-3H3,(H,22,25). The smallest absolute Gasteiger partial charge is 0.255 e. The minimum Gasteiger partial charge on any atom is -0.490 e. The van der Waals surface area contributed by atoms with Gasteiger partial charge in [-0.05, 0) is 74.8 Å².